The van der Waals surface area contributed by atoms with Gasteiger partial charge in [0.05, 0.1) is 9.48 Å². The first-order chi connectivity index (χ1) is 8.20. The predicted octanol–water partition coefficient (Wildman–Crippen LogP) is 3.87. The van der Waals surface area contributed by atoms with Crippen molar-refractivity contribution < 1.29 is 4.39 Å². The molecule has 1 N–H and O–H groups in total. The predicted molar refractivity (Wildman–Crippen MR) is 73.2 cm³/mol. The largest absolute Gasteiger partial charge is 0.365 e. The highest BCUT2D eigenvalue weighted by atomic mass is 79.9. The van der Waals surface area contributed by atoms with E-state index in [0.29, 0.717) is 6.42 Å². The zero-order valence-electron chi connectivity index (χ0n) is 9.34. The third-order valence-electron chi connectivity index (χ3n) is 2.45. The summed E-state index contributed by atoms with van der Waals surface area (Å²) < 4.78 is 14.4. The van der Waals surface area contributed by atoms with E-state index >= 15 is 0 Å². The molecule has 1 heterocycles. The molecule has 0 atom stereocenters. The molecule has 0 spiro atoms. The first-order valence-corrected chi connectivity index (χ1v) is 6.88. The zero-order valence-corrected chi connectivity index (χ0v) is 11.7. The molecule has 0 amide bonds. The topological polar surface area (TPSA) is 24.9 Å². The zero-order chi connectivity index (χ0) is 12.3. The molecule has 1 aromatic heterocycles. The van der Waals surface area contributed by atoms with Crippen molar-refractivity contribution in [3.63, 3.8) is 0 Å². The van der Waals surface area contributed by atoms with Gasteiger partial charge in [-0.15, -0.1) is 0 Å². The van der Waals surface area contributed by atoms with Crippen molar-refractivity contribution in [2.75, 3.05) is 12.4 Å². The minimum Gasteiger partial charge on any atom is -0.365 e. The van der Waals surface area contributed by atoms with E-state index in [9.17, 15) is 4.39 Å². The molecule has 90 valence electrons. The Morgan fingerprint density at radius 3 is 2.76 bits per heavy atom. The standard InChI is InChI=1S/C12H12BrFN2S/c1-15-12-16-10(11(13)17-12)7-6-8-4-2-3-5-9(8)14/h2-5H,6-7H2,1H3,(H,15,16). The van der Waals surface area contributed by atoms with Crippen molar-refractivity contribution in [2.24, 2.45) is 0 Å². The highest BCUT2D eigenvalue weighted by Crippen LogP contribution is 2.29. The number of benzene rings is 1. The number of anilines is 1. The number of rotatable bonds is 4. The number of thiazole rings is 1. The molecular formula is C12H12BrFN2S. The molecule has 2 aromatic rings. The van der Waals surface area contributed by atoms with Crippen LogP contribution in [0.3, 0.4) is 0 Å². The van der Waals surface area contributed by atoms with E-state index in [2.05, 4.69) is 26.2 Å². The maximum Gasteiger partial charge on any atom is 0.183 e. The number of nitrogens with zero attached hydrogens (tertiary/aromatic N) is 1. The van der Waals surface area contributed by atoms with Gasteiger partial charge >= 0.3 is 0 Å². The monoisotopic (exact) mass is 314 g/mol. The highest BCUT2D eigenvalue weighted by Gasteiger charge is 2.09. The van der Waals surface area contributed by atoms with Gasteiger partial charge in [-0.3, -0.25) is 0 Å². The molecule has 0 aliphatic heterocycles. The molecule has 2 nitrogen and oxygen atoms in total. The average Bonchev–Trinajstić information content (AvgIpc) is 2.69. The molecule has 5 heteroatoms. The third-order valence-corrected chi connectivity index (χ3v) is 4.30. The summed E-state index contributed by atoms with van der Waals surface area (Å²) in [5.41, 5.74) is 1.71. The van der Waals surface area contributed by atoms with Gasteiger partial charge in [0.25, 0.3) is 0 Å². The average molecular weight is 315 g/mol. The lowest BCUT2D eigenvalue weighted by Crippen LogP contribution is -1.96. The van der Waals surface area contributed by atoms with Crippen LogP contribution < -0.4 is 5.32 Å². The van der Waals surface area contributed by atoms with E-state index in [-0.39, 0.29) is 5.82 Å². The lowest BCUT2D eigenvalue weighted by atomic mass is 10.1. The number of aryl methyl sites for hydroxylation is 2. The van der Waals surface area contributed by atoms with Gasteiger partial charge < -0.3 is 5.32 Å². The summed E-state index contributed by atoms with van der Waals surface area (Å²) >= 11 is 5.03. The summed E-state index contributed by atoms with van der Waals surface area (Å²) in [6, 6.07) is 6.86. The Hall–Kier alpha value is -0.940. The number of hydrogen-bond acceptors (Lipinski definition) is 3. The van der Waals surface area contributed by atoms with E-state index < -0.39 is 0 Å². The Labute approximate surface area is 112 Å². The molecule has 0 aliphatic rings. The smallest absolute Gasteiger partial charge is 0.183 e. The number of hydrogen-bond donors (Lipinski definition) is 1. The van der Waals surface area contributed by atoms with E-state index in [1.807, 2.05) is 19.2 Å². The van der Waals surface area contributed by atoms with Gasteiger partial charge in [-0.1, -0.05) is 29.5 Å². The summed E-state index contributed by atoms with van der Waals surface area (Å²) in [4.78, 5) is 4.41. The maximum atomic E-state index is 13.4. The molecule has 0 fully saturated rings. The summed E-state index contributed by atoms with van der Waals surface area (Å²) in [5.74, 6) is -0.146. The first kappa shape index (κ1) is 12.5. The lowest BCUT2D eigenvalue weighted by Gasteiger charge is -2.01. The fourth-order valence-corrected chi connectivity index (χ4v) is 2.99. The van der Waals surface area contributed by atoms with Gasteiger partial charge in [0, 0.05) is 7.05 Å². The second-order valence-corrected chi connectivity index (χ2v) is 5.90. The quantitative estimate of drug-likeness (QED) is 0.926. The van der Waals surface area contributed by atoms with Crippen molar-refractivity contribution in [1.29, 1.82) is 0 Å². The molecule has 17 heavy (non-hydrogen) atoms. The SMILES string of the molecule is CNc1nc(CCc2ccccc2F)c(Br)s1. The minimum absolute atomic E-state index is 0.146. The van der Waals surface area contributed by atoms with E-state index in [1.165, 1.54) is 6.07 Å². The second-order valence-electron chi connectivity index (χ2n) is 3.58. The third kappa shape index (κ3) is 3.04. The Kier molecular flexibility index (Phi) is 4.12. The maximum absolute atomic E-state index is 13.4. The van der Waals surface area contributed by atoms with Crippen LogP contribution in [0, 0.1) is 5.82 Å². The second kappa shape index (κ2) is 5.60. The highest BCUT2D eigenvalue weighted by molar-refractivity contribution is 9.11. The molecule has 2 rings (SSSR count). The van der Waals surface area contributed by atoms with Crippen LogP contribution in [-0.2, 0) is 12.8 Å². The van der Waals surface area contributed by atoms with Gasteiger partial charge in [0.1, 0.15) is 5.82 Å². The molecule has 0 saturated carbocycles. The van der Waals surface area contributed by atoms with Crippen LogP contribution in [0.15, 0.2) is 28.1 Å². The lowest BCUT2D eigenvalue weighted by molar-refractivity contribution is 0.608. The van der Waals surface area contributed by atoms with Crippen molar-refractivity contribution in [2.45, 2.75) is 12.8 Å². The van der Waals surface area contributed by atoms with Crippen LogP contribution in [0.2, 0.25) is 0 Å². The van der Waals surface area contributed by atoms with Crippen LogP contribution in [0.1, 0.15) is 11.3 Å². The van der Waals surface area contributed by atoms with Crippen molar-refractivity contribution in [3.8, 4) is 0 Å². The normalized spacial score (nSPS) is 10.5. The van der Waals surface area contributed by atoms with Gasteiger partial charge in [-0.25, -0.2) is 9.37 Å². The molecule has 0 saturated heterocycles. The fraction of sp³-hybridized carbons (Fsp3) is 0.250. The van der Waals surface area contributed by atoms with Gasteiger partial charge in [-0.2, -0.15) is 0 Å². The molecular weight excluding hydrogens is 303 g/mol. The summed E-state index contributed by atoms with van der Waals surface area (Å²) in [6.45, 7) is 0. The summed E-state index contributed by atoms with van der Waals surface area (Å²) in [6.07, 6.45) is 1.40. The molecule has 0 bridgehead atoms. The van der Waals surface area contributed by atoms with Crippen LogP contribution in [0.25, 0.3) is 0 Å². The van der Waals surface area contributed by atoms with Crippen LogP contribution in [0.5, 0.6) is 0 Å². The van der Waals surface area contributed by atoms with Gasteiger partial charge in [-0.05, 0) is 40.4 Å². The van der Waals surface area contributed by atoms with Gasteiger partial charge in [0.2, 0.25) is 0 Å². The molecule has 0 aliphatic carbocycles. The molecule has 0 unspecified atom stereocenters. The van der Waals surface area contributed by atoms with E-state index in [0.717, 1.165) is 26.6 Å². The van der Waals surface area contributed by atoms with E-state index in [1.54, 1.807) is 17.4 Å². The van der Waals surface area contributed by atoms with Crippen molar-refractivity contribution in [3.05, 3.63) is 45.1 Å². The van der Waals surface area contributed by atoms with Gasteiger partial charge in [0.15, 0.2) is 5.13 Å². The Morgan fingerprint density at radius 2 is 2.12 bits per heavy atom. The Balaban J connectivity index is 2.07. The number of nitrogens with one attached hydrogen (secondary N) is 1. The van der Waals surface area contributed by atoms with E-state index in [4.69, 9.17) is 0 Å². The Bertz CT molecular complexity index is 513. The first-order valence-electron chi connectivity index (χ1n) is 5.27. The van der Waals surface area contributed by atoms with Crippen LogP contribution in [-0.4, -0.2) is 12.0 Å². The minimum atomic E-state index is -0.146. The fourth-order valence-electron chi connectivity index (χ4n) is 1.55. The summed E-state index contributed by atoms with van der Waals surface area (Å²) in [7, 11) is 1.84. The number of aromatic nitrogens is 1. The Morgan fingerprint density at radius 1 is 1.35 bits per heavy atom. The number of halogens is 2. The summed E-state index contributed by atoms with van der Waals surface area (Å²) in [5, 5.41) is 3.88. The van der Waals surface area contributed by atoms with Crippen LogP contribution in [0.4, 0.5) is 9.52 Å². The van der Waals surface area contributed by atoms with Crippen molar-refractivity contribution >= 4 is 32.4 Å². The molecule has 0 radical (unpaired) electrons. The van der Waals surface area contributed by atoms with Crippen molar-refractivity contribution in [1.82, 2.24) is 4.98 Å². The van der Waals surface area contributed by atoms with Crippen LogP contribution >= 0.6 is 27.3 Å². The molecule has 1 aromatic carbocycles.